The summed E-state index contributed by atoms with van der Waals surface area (Å²) in [6.45, 7) is 0. The van der Waals surface area contributed by atoms with Gasteiger partial charge in [-0.1, -0.05) is 6.07 Å². The molecule has 0 radical (unpaired) electrons. The minimum Gasteiger partial charge on any atom is -0.504 e. The average Bonchev–Trinajstić information content (AvgIpc) is 2.89. The molecule has 0 amide bonds. The maximum atomic E-state index is 11.1. The Labute approximate surface area is 112 Å². The van der Waals surface area contributed by atoms with Gasteiger partial charge in [0.1, 0.15) is 6.33 Å². The van der Waals surface area contributed by atoms with E-state index in [2.05, 4.69) is 15.4 Å². The van der Waals surface area contributed by atoms with Crippen LogP contribution in [0, 0.1) is 10.1 Å². The zero-order valence-corrected chi connectivity index (χ0v) is 9.96. The van der Waals surface area contributed by atoms with Gasteiger partial charge in [0.25, 0.3) is 5.70 Å². The highest BCUT2D eigenvalue weighted by atomic mass is 16.6. The quantitative estimate of drug-likeness (QED) is 0.420. The van der Waals surface area contributed by atoms with Crippen LogP contribution < -0.4 is 5.32 Å². The number of benzene rings is 1. The summed E-state index contributed by atoms with van der Waals surface area (Å²) < 4.78 is 1.34. The van der Waals surface area contributed by atoms with Gasteiger partial charge in [-0.25, -0.2) is 4.68 Å². The monoisotopic (exact) mass is 275 g/mol. The smallest absolute Gasteiger partial charge is 0.291 e. The molecule has 102 valence electrons. The average molecular weight is 275 g/mol. The summed E-state index contributed by atoms with van der Waals surface area (Å²) in [6.07, 6.45) is 2.50. The van der Waals surface area contributed by atoms with Crippen molar-refractivity contribution in [2.45, 2.75) is 6.04 Å². The van der Waals surface area contributed by atoms with Crippen molar-refractivity contribution in [1.82, 2.24) is 14.8 Å². The van der Waals surface area contributed by atoms with E-state index in [1.807, 2.05) is 0 Å². The van der Waals surface area contributed by atoms with Gasteiger partial charge in [0.15, 0.2) is 17.5 Å². The van der Waals surface area contributed by atoms with Crippen molar-refractivity contribution >= 4 is 5.95 Å². The van der Waals surface area contributed by atoms with Crippen LogP contribution in [0.3, 0.4) is 0 Å². The van der Waals surface area contributed by atoms with E-state index in [4.69, 9.17) is 0 Å². The lowest BCUT2D eigenvalue weighted by molar-refractivity contribution is -0.431. The summed E-state index contributed by atoms with van der Waals surface area (Å²) in [5, 5.41) is 36.7. The Bertz CT molecular complexity index is 723. The third-order valence-corrected chi connectivity index (χ3v) is 2.97. The van der Waals surface area contributed by atoms with Crippen LogP contribution in [0.25, 0.3) is 0 Å². The highest BCUT2D eigenvalue weighted by Crippen LogP contribution is 2.35. The second-order valence-corrected chi connectivity index (χ2v) is 4.15. The van der Waals surface area contributed by atoms with E-state index in [1.54, 1.807) is 0 Å². The summed E-state index contributed by atoms with van der Waals surface area (Å²) in [6, 6.07) is 3.17. The van der Waals surface area contributed by atoms with Crippen molar-refractivity contribution in [2.75, 3.05) is 5.32 Å². The summed E-state index contributed by atoms with van der Waals surface area (Å²) in [7, 11) is 0. The standard InChI is InChI=1S/C11H9N5O4/c17-8-2-1-6(3-9(8)18)10-7(16(19)20)4-12-11-13-5-14-15(10)11/h1-5,10,17-18H,(H,12,13,14). The van der Waals surface area contributed by atoms with Gasteiger partial charge in [-0.2, -0.15) is 10.1 Å². The normalized spacial score (nSPS) is 17.0. The molecule has 0 saturated heterocycles. The van der Waals surface area contributed by atoms with Crippen molar-refractivity contribution < 1.29 is 15.1 Å². The SMILES string of the molecule is O=[N+]([O-])C1=CNc2ncnn2C1c1ccc(O)c(O)c1. The predicted molar refractivity (Wildman–Crippen MR) is 66.6 cm³/mol. The molecule has 0 bridgehead atoms. The molecule has 1 aliphatic rings. The molecule has 3 N–H and O–H groups in total. The largest absolute Gasteiger partial charge is 0.504 e. The summed E-state index contributed by atoms with van der Waals surface area (Å²) in [4.78, 5) is 14.5. The first-order chi connectivity index (χ1) is 9.58. The fraction of sp³-hybridized carbons (Fsp3) is 0.0909. The lowest BCUT2D eigenvalue weighted by Gasteiger charge is -2.21. The van der Waals surface area contributed by atoms with Crippen LogP contribution in [0.4, 0.5) is 5.95 Å². The third-order valence-electron chi connectivity index (χ3n) is 2.97. The Morgan fingerprint density at radius 1 is 1.35 bits per heavy atom. The van der Waals surface area contributed by atoms with Crippen molar-refractivity contribution in [2.24, 2.45) is 0 Å². The first kappa shape index (κ1) is 12.0. The number of nitrogens with zero attached hydrogens (tertiary/aromatic N) is 4. The Morgan fingerprint density at radius 3 is 2.85 bits per heavy atom. The molecule has 1 aromatic carbocycles. The molecule has 2 heterocycles. The van der Waals surface area contributed by atoms with Crippen LogP contribution in [0.15, 0.2) is 36.4 Å². The number of phenols is 2. The lowest BCUT2D eigenvalue weighted by Crippen LogP contribution is -2.25. The van der Waals surface area contributed by atoms with E-state index in [0.29, 0.717) is 11.5 Å². The molecular weight excluding hydrogens is 266 g/mol. The van der Waals surface area contributed by atoms with Crippen molar-refractivity contribution in [3.63, 3.8) is 0 Å². The highest BCUT2D eigenvalue weighted by molar-refractivity contribution is 5.46. The number of hydrogen-bond donors (Lipinski definition) is 3. The molecule has 1 unspecified atom stereocenters. The fourth-order valence-corrected chi connectivity index (χ4v) is 2.06. The first-order valence-corrected chi connectivity index (χ1v) is 5.60. The van der Waals surface area contributed by atoms with Crippen LogP contribution in [-0.2, 0) is 0 Å². The number of aromatic hydroxyl groups is 2. The molecule has 1 aliphatic heterocycles. The van der Waals surface area contributed by atoms with E-state index in [0.717, 1.165) is 0 Å². The Morgan fingerprint density at radius 2 is 2.15 bits per heavy atom. The molecule has 2 aromatic rings. The predicted octanol–water partition coefficient (Wildman–Crippen LogP) is 0.822. The van der Waals surface area contributed by atoms with Crippen molar-refractivity contribution in [1.29, 1.82) is 0 Å². The molecule has 3 rings (SSSR count). The van der Waals surface area contributed by atoms with Gasteiger partial charge < -0.3 is 15.5 Å². The van der Waals surface area contributed by atoms with Crippen LogP contribution in [0.2, 0.25) is 0 Å². The molecule has 20 heavy (non-hydrogen) atoms. The minimum atomic E-state index is -0.838. The van der Waals surface area contributed by atoms with Crippen LogP contribution in [0.1, 0.15) is 11.6 Å². The summed E-state index contributed by atoms with van der Waals surface area (Å²) in [5.41, 5.74) is 0.268. The number of nitrogens with one attached hydrogen (secondary N) is 1. The van der Waals surface area contributed by atoms with Gasteiger partial charge in [0.05, 0.1) is 11.1 Å². The molecule has 0 spiro atoms. The lowest BCUT2D eigenvalue weighted by atomic mass is 10.0. The van der Waals surface area contributed by atoms with Gasteiger partial charge in [-0.05, 0) is 17.7 Å². The molecule has 1 atom stereocenters. The zero-order chi connectivity index (χ0) is 14.3. The van der Waals surface area contributed by atoms with Gasteiger partial charge in [0, 0.05) is 0 Å². The minimum absolute atomic E-state index is 0.145. The number of phenolic OH excluding ortho intramolecular Hbond substituents is 2. The molecule has 0 aliphatic carbocycles. The zero-order valence-electron chi connectivity index (χ0n) is 9.96. The molecule has 0 fully saturated rings. The van der Waals surface area contributed by atoms with Crippen molar-refractivity contribution in [3.05, 3.63) is 52.1 Å². The third kappa shape index (κ3) is 1.72. The molecular formula is C11H9N5O4. The number of nitro groups is 1. The van der Waals surface area contributed by atoms with Gasteiger partial charge in [-0.3, -0.25) is 10.1 Å². The second kappa shape index (κ2) is 4.23. The van der Waals surface area contributed by atoms with Crippen LogP contribution in [0.5, 0.6) is 11.5 Å². The number of fused-ring (bicyclic) bond motifs is 1. The van der Waals surface area contributed by atoms with E-state index >= 15 is 0 Å². The Kier molecular flexibility index (Phi) is 2.53. The molecule has 1 aromatic heterocycles. The number of rotatable bonds is 2. The summed E-state index contributed by atoms with van der Waals surface area (Å²) in [5.74, 6) is -0.299. The molecule has 9 nitrogen and oxygen atoms in total. The van der Waals surface area contributed by atoms with Gasteiger partial charge in [-0.15, -0.1) is 0 Å². The first-order valence-electron chi connectivity index (χ1n) is 5.60. The highest BCUT2D eigenvalue weighted by Gasteiger charge is 2.34. The van der Waals surface area contributed by atoms with E-state index in [1.165, 1.54) is 35.4 Å². The van der Waals surface area contributed by atoms with Crippen LogP contribution in [-0.4, -0.2) is 29.9 Å². The van der Waals surface area contributed by atoms with E-state index < -0.39 is 11.0 Å². The molecule has 0 saturated carbocycles. The van der Waals surface area contributed by atoms with Crippen molar-refractivity contribution in [3.8, 4) is 11.5 Å². The number of aromatic nitrogens is 3. The van der Waals surface area contributed by atoms with E-state index in [-0.39, 0.29) is 17.2 Å². The number of hydrogen-bond acceptors (Lipinski definition) is 7. The number of anilines is 1. The Balaban J connectivity index is 2.16. The maximum Gasteiger partial charge on any atom is 0.291 e. The van der Waals surface area contributed by atoms with Crippen LogP contribution >= 0.6 is 0 Å². The van der Waals surface area contributed by atoms with E-state index in [9.17, 15) is 20.3 Å². The number of allylic oxidation sites excluding steroid dienone is 1. The van der Waals surface area contributed by atoms with Gasteiger partial charge in [0.2, 0.25) is 5.95 Å². The Hall–Kier alpha value is -3.10. The fourth-order valence-electron chi connectivity index (χ4n) is 2.06. The van der Waals surface area contributed by atoms with Gasteiger partial charge >= 0.3 is 0 Å². The summed E-state index contributed by atoms with van der Waals surface area (Å²) >= 11 is 0. The topological polar surface area (TPSA) is 126 Å². The second-order valence-electron chi connectivity index (χ2n) is 4.15. The maximum absolute atomic E-state index is 11.1. The molecule has 9 heteroatoms.